The molecule has 0 aliphatic rings. The number of carbonyl (C=O) groups excluding carboxylic acids is 2. The van der Waals surface area contributed by atoms with E-state index in [1.807, 2.05) is 13.0 Å². The molecule has 2 N–H and O–H groups in total. The standard InChI is InChI=1S/C14H19ClN2O3/c1-4-16-12(18)13(19)17-9-14(2,20-3)10-6-5-7-11(15)8-10/h5-8H,4,9H2,1-3H3,(H,16,18)(H,17,19). The molecule has 0 heterocycles. The maximum Gasteiger partial charge on any atom is 0.309 e. The molecule has 5 nitrogen and oxygen atoms in total. The number of halogens is 1. The van der Waals surface area contributed by atoms with Gasteiger partial charge in [0.15, 0.2) is 0 Å². The van der Waals surface area contributed by atoms with Crippen LogP contribution in [0.3, 0.4) is 0 Å². The molecule has 20 heavy (non-hydrogen) atoms. The zero-order chi connectivity index (χ0) is 15.2. The molecule has 1 rings (SSSR count). The Kier molecular flexibility index (Phi) is 5.98. The maximum absolute atomic E-state index is 11.6. The molecular formula is C14H19ClN2O3. The number of ether oxygens (including phenoxy) is 1. The van der Waals surface area contributed by atoms with Crippen molar-refractivity contribution < 1.29 is 14.3 Å². The van der Waals surface area contributed by atoms with Crippen molar-refractivity contribution in [2.45, 2.75) is 19.4 Å². The summed E-state index contributed by atoms with van der Waals surface area (Å²) in [6.07, 6.45) is 0. The highest BCUT2D eigenvalue weighted by Gasteiger charge is 2.28. The maximum atomic E-state index is 11.6. The minimum Gasteiger partial charge on any atom is -0.372 e. The molecule has 0 aromatic heterocycles. The summed E-state index contributed by atoms with van der Waals surface area (Å²) in [6, 6.07) is 7.19. The molecule has 0 radical (unpaired) electrons. The lowest BCUT2D eigenvalue weighted by atomic mass is 9.95. The van der Waals surface area contributed by atoms with Gasteiger partial charge in [-0.2, -0.15) is 0 Å². The highest BCUT2D eigenvalue weighted by Crippen LogP contribution is 2.26. The molecule has 1 unspecified atom stereocenters. The number of likely N-dealkylation sites (N-methyl/N-ethyl adjacent to an activating group) is 1. The van der Waals surface area contributed by atoms with Gasteiger partial charge in [0.1, 0.15) is 5.60 Å². The second-order valence-corrected chi connectivity index (χ2v) is 4.92. The van der Waals surface area contributed by atoms with Gasteiger partial charge < -0.3 is 15.4 Å². The van der Waals surface area contributed by atoms with Crippen LogP contribution in [0, 0.1) is 0 Å². The molecule has 2 amide bonds. The Morgan fingerprint density at radius 1 is 1.30 bits per heavy atom. The van der Waals surface area contributed by atoms with E-state index in [1.54, 1.807) is 32.2 Å². The van der Waals surface area contributed by atoms with Gasteiger partial charge in [0.25, 0.3) is 0 Å². The fourth-order valence-electron chi connectivity index (χ4n) is 1.68. The van der Waals surface area contributed by atoms with Crippen LogP contribution in [-0.2, 0) is 19.9 Å². The van der Waals surface area contributed by atoms with Crippen LogP contribution < -0.4 is 10.6 Å². The van der Waals surface area contributed by atoms with Crippen LogP contribution in [0.2, 0.25) is 5.02 Å². The molecule has 0 spiro atoms. The SMILES string of the molecule is CCNC(=O)C(=O)NCC(C)(OC)c1cccc(Cl)c1. The molecule has 0 saturated carbocycles. The van der Waals surface area contributed by atoms with E-state index in [1.165, 1.54) is 0 Å². The van der Waals surface area contributed by atoms with Crippen LogP contribution in [0.25, 0.3) is 0 Å². The quantitative estimate of drug-likeness (QED) is 0.809. The van der Waals surface area contributed by atoms with Crippen molar-refractivity contribution in [3.05, 3.63) is 34.9 Å². The number of rotatable bonds is 5. The number of benzene rings is 1. The largest absolute Gasteiger partial charge is 0.372 e. The van der Waals surface area contributed by atoms with Crippen LogP contribution in [0.4, 0.5) is 0 Å². The topological polar surface area (TPSA) is 67.4 Å². The summed E-state index contributed by atoms with van der Waals surface area (Å²) in [5.74, 6) is -1.34. The van der Waals surface area contributed by atoms with E-state index in [0.717, 1.165) is 5.56 Å². The Hall–Kier alpha value is -1.59. The first kappa shape index (κ1) is 16.5. The third kappa shape index (κ3) is 4.21. The van der Waals surface area contributed by atoms with Gasteiger partial charge in [0.05, 0.1) is 6.54 Å². The van der Waals surface area contributed by atoms with Gasteiger partial charge >= 0.3 is 11.8 Å². The van der Waals surface area contributed by atoms with Gasteiger partial charge in [0.2, 0.25) is 0 Å². The van der Waals surface area contributed by atoms with Crippen molar-refractivity contribution in [1.82, 2.24) is 10.6 Å². The monoisotopic (exact) mass is 298 g/mol. The third-order valence-electron chi connectivity index (χ3n) is 3.02. The first-order valence-corrected chi connectivity index (χ1v) is 6.68. The van der Waals surface area contributed by atoms with Gasteiger partial charge in [-0.05, 0) is 31.5 Å². The third-order valence-corrected chi connectivity index (χ3v) is 3.25. The molecule has 0 fully saturated rings. The van der Waals surface area contributed by atoms with Gasteiger partial charge in [-0.1, -0.05) is 23.7 Å². The van der Waals surface area contributed by atoms with E-state index >= 15 is 0 Å². The van der Waals surface area contributed by atoms with Crippen molar-refractivity contribution in [3.8, 4) is 0 Å². The molecule has 0 saturated heterocycles. The normalized spacial score (nSPS) is 13.4. The first-order chi connectivity index (χ1) is 9.42. The molecule has 1 aromatic rings. The number of hydrogen-bond acceptors (Lipinski definition) is 3. The summed E-state index contributed by atoms with van der Waals surface area (Å²) in [7, 11) is 1.54. The number of hydrogen-bond donors (Lipinski definition) is 2. The van der Waals surface area contributed by atoms with Gasteiger partial charge in [0, 0.05) is 18.7 Å². The Morgan fingerprint density at radius 3 is 2.50 bits per heavy atom. The highest BCUT2D eigenvalue weighted by atomic mass is 35.5. The van der Waals surface area contributed by atoms with Crippen molar-refractivity contribution in [3.63, 3.8) is 0 Å². The minimum atomic E-state index is -0.757. The van der Waals surface area contributed by atoms with Crippen LogP contribution in [0.15, 0.2) is 24.3 Å². The Labute approximate surface area is 123 Å². The Balaban J connectivity index is 2.76. The number of carbonyl (C=O) groups is 2. The molecule has 0 aliphatic carbocycles. The van der Waals surface area contributed by atoms with E-state index in [9.17, 15) is 9.59 Å². The smallest absolute Gasteiger partial charge is 0.309 e. The van der Waals surface area contributed by atoms with Crippen molar-refractivity contribution in [2.24, 2.45) is 0 Å². The minimum absolute atomic E-state index is 0.166. The average Bonchev–Trinajstić information content (AvgIpc) is 2.44. The van der Waals surface area contributed by atoms with Crippen LogP contribution >= 0.6 is 11.6 Å². The summed E-state index contributed by atoms with van der Waals surface area (Å²) in [4.78, 5) is 22.9. The molecule has 6 heteroatoms. The molecule has 110 valence electrons. The molecule has 1 atom stereocenters. The highest BCUT2D eigenvalue weighted by molar-refractivity contribution is 6.35. The van der Waals surface area contributed by atoms with Gasteiger partial charge in [-0.15, -0.1) is 0 Å². The van der Waals surface area contributed by atoms with Crippen LogP contribution in [0.5, 0.6) is 0 Å². The number of methoxy groups -OCH3 is 1. The molecular weight excluding hydrogens is 280 g/mol. The molecule has 0 bridgehead atoms. The van der Waals surface area contributed by atoms with E-state index < -0.39 is 17.4 Å². The second-order valence-electron chi connectivity index (χ2n) is 4.49. The van der Waals surface area contributed by atoms with E-state index in [-0.39, 0.29) is 6.54 Å². The van der Waals surface area contributed by atoms with E-state index in [4.69, 9.17) is 16.3 Å². The fraction of sp³-hybridized carbons (Fsp3) is 0.429. The van der Waals surface area contributed by atoms with E-state index in [0.29, 0.717) is 11.6 Å². The Bertz CT molecular complexity index is 493. The van der Waals surface area contributed by atoms with E-state index in [2.05, 4.69) is 10.6 Å². The summed E-state index contributed by atoms with van der Waals surface area (Å²) in [6.45, 7) is 4.13. The second kappa shape index (κ2) is 7.26. The zero-order valence-electron chi connectivity index (χ0n) is 11.8. The lowest BCUT2D eigenvalue weighted by molar-refractivity contribution is -0.139. The number of amides is 2. The van der Waals surface area contributed by atoms with Crippen LogP contribution in [0.1, 0.15) is 19.4 Å². The fourth-order valence-corrected chi connectivity index (χ4v) is 1.87. The Morgan fingerprint density at radius 2 is 1.95 bits per heavy atom. The predicted octanol–water partition coefficient (Wildman–Crippen LogP) is 1.45. The van der Waals surface area contributed by atoms with Crippen molar-refractivity contribution in [1.29, 1.82) is 0 Å². The van der Waals surface area contributed by atoms with Crippen molar-refractivity contribution in [2.75, 3.05) is 20.2 Å². The molecule has 0 aliphatic heterocycles. The van der Waals surface area contributed by atoms with Crippen LogP contribution in [-0.4, -0.2) is 32.0 Å². The lowest BCUT2D eigenvalue weighted by Crippen LogP contribution is -2.46. The summed E-state index contributed by atoms with van der Waals surface area (Å²) in [5.41, 5.74) is 0.0660. The van der Waals surface area contributed by atoms with Crippen molar-refractivity contribution >= 4 is 23.4 Å². The van der Waals surface area contributed by atoms with Gasteiger partial charge in [-0.3, -0.25) is 9.59 Å². The average molecular weight is 299 g/mol. The summed E-state index contributed by atoms with van der Waals surface area (Å²) >= 11 is 5.96. The zero-order valence-corrected chi connectivity index (χ0v) is 12.6. The summed E-state index contributed by atoms with van der Waals surface area (Å²) in [5, 5.41) is 5.58. The number of nitrogens with one attached hydrogen (secondary N) is 2. The molecule has 1 aromatic carbocycles. The first-order valence-electron chi connectivity index (χ1n) is 6.30. The predicted molar refractivity (Wildman–Crippen MR) is 77.5 cm³/mol. The lowest BCUT2D eigenvalue weighted by Gasteiger charge is -2.29. The summed E-state index contributed by atoms with van der Waals surface area (Å²) < 4.78 is 5.46. The van der Waals surface area contributed by atoms with Gasteiger partial charge in [-0.25, -0.2) is 0 Å².